The maximum Gasteiger partial charge on any atom is 0.203 e. The average Bonchev–Trinajstić information content (AvgIpc) is 3.06. The van der Waals surface area contributed by atoms with E-state index in [2.05, 4.69) is 31.4 Å². The van der Waals surface area contributed by atoms with E-state index in [1.807, 2.05) is 13.1 Å². The van der Waals surface area contributed by atoms with Crippen molar-refractivity contribution in [3.05, 3.63) is 28.5 Å². The largest absolute Gasteiger partial charge is 0.350 e. The Kier molecular flexibility index (Phi) is 3.82. The molecule has 2 aromatic heterocycles. The number of hydrogen-bond donors (Lipinski definition) is 1. The molecule has 1 aliphatic rings. The van der Waals surface area contributed by atoms with Crippen molar-refractivity contribution in [2.75, 3.05) is 5.32 Å². The van der Waals surface area contributed by atoms with Gasteiger partial charge in [0.25, 0.3) is 0 Å². The summed E-state index contributed by atoms with van der Waals surface area (Å²) in [7, 11) is 0. The molecule has 102 valence electrons. The molecule has 5 heteroatoms. The van der Waals surface area contributed by atoms with Crippen molar-refractivity contribution in [2.45, 2.75) is 51.6 Å². The van der Waals surface area contributed by atoms with Crippen molar-refractivity contribution in [3.8, 4) is 0 Å². The Morgan fingerprint density at radius 3 is 2.95 bits per heavy atom. The number of aryl methyl sites for hydroxylation is 1. The van der Waals surface area contributed by atoms with Crippen molar-refractivity contribution < 1.29 is 0 Å². The van der Waals surface area contributed by atoms with Crippen LogP contribution >= 0.6 is 11.3 Å². The lowest BCUT2D eigenvalue weighted by Gasteiger charge is -2.24. The molecule has 0 unspecified atom stereocenters. The molecular formula is C14H20N4S. The smallest absolute Gasteiger partial charge is 0.203 e. The molecule has 0 bridgehead atoms. The molecule has 1 aliphatic carbocycles. The highest BCUT2D eigenvalue weighted by molar-refractivity contribution is 7.09. The van der Waals surface area contributed by atoms with Crippen LogP contribution in [0.5, 0.6) is 0 Å². The normalized spacial score (nSPS) is 16.7. The highest BCUT2D eigenvalue weighted by Crippen LogP contribution is 2.30. The van der Waals surface area contributed by atoms with Crippen molar-refractivity contribution in [2.24, 2.45) is 0 Å². The van der Waals surface area contributed by atoms with Crippen LogP contribution in [0.1, 0.15) is 48.8 Å². The first kappa shape index (κ1) is 12.7. The SMILES string of the molecule is Cc1nc(CNc2nccn2C2CCCCC2)cs1. The molecule has 19 heavy (non-hydrogen) atoms. The number of hydrogen-bond acceptors (Lipinski definition) is 4. The van der Waals surface area contributed by atoms with Gasteiger partial charge in [0, 0.05) is 23.8 Å². The minimum atomic E-state index is 0.621. The molecule has 3 rings (SSSR count). The molecule has 0 atom stereocenters. The van der Waals surface area contributed by atoms with Gasteiger partial charge in [-0.3, -0.25) is 0 Å². The van der Waals surface area contributed by atoms with Crippen LogP contribution in [-0.2, 0) is 6.54 Å². The second-order valence-corrected chi connectivity index (χ2v) is 6.22. The standard InChI is InChI=1S/C14H20N4S/c1-11-17-12(10-19-11)9-16-14-15-7-8-18(14)13-5-3-2-4-6-13/h7-8,10,13H,2-6,9H2,1H3,(H,15,16). The summed E-state index contributed by atoms with van der Waals surface area (Å²) in [6, 6.07) is 0.621. The quantitative estimate of drug-likeness (QED) is 0.924. The maximum atomic E-state index is 4.47. The summed E-state index contributed by atoms with van der Waals surface area (Å²) < 4.78 is 2.30. The molecular weight excluding hydrogens is 256 g/mol. The second kappa shape index (κ2) is 5.74. The fourth-order valence-corrected chi connectivity index (χ4v) is 3.38. The zero-order valence-electron chi connectivity index (χ0n) is 11.3. The molecule has 2 aromatic rings. The zero-order chi connectivity index (χ0) is 13.1. The molecule has 1 saturated carbocycles. The molecule has 0 aromatic carbocycles. The van der Waals surface area contributed by atoms with Crippen LogP contribution in [0.15, 0.2) is 17.8 Å². The van der Waals surface area contributed by atoms with Crippen molar-refractivity contribution in [3.63, 3.8) is 0 Å². The van der Waals surface area contributed by atoms with Gasteiger partial charge in [-0.2, -0.15) is 0 Å². The number of aromatic nitrogens is 3. The van der Waals surface area contributed by atoms with Gasteiger partial charge in [-0.05, 0) is 19.8 Å². The van der Waals surface area contributed by atoms with E-state index in [1.54, 1.807) is 11.3 Å². The van der Waals surface area contributed by atoms with E-state index in [0.29, 0.717) is 6.04 Å². The van der Waals surface area contributed by atoms with Gasteiger partial charge in [0.2, 0.25) is 5.95 Å². The molecule has 1 fully saturated rings. The molecule has 0 aliphatic heterocycles. The van der Waals surface area contributed by atoms with Crippen LogP contribution in [0.25, 0.3) is 0 Å². The summed E-state index contributed by atoms with van der Waals surface area (Å²) in [5, 5.41) is 6.64. The first-order valence-electron chi connectivity index (χ1n) is 7.00. The Balaban J connectivity index is 1.66. The molecule has 4 nitrogen and oxygen atoms in total. The van der Waals surface area contributed by atoms with Gasteiger partial charge in [0.05, 0.1) is 17.2 Å². The lowest BCUT2D eigenvalue weighted by molar-refractivity contribution is 0.356. The van der Waals surface area contributed by atoms with E-state index < -0.39 is 0 Å². The predicted molar refractivity (Wildman–Crippen MR) is 78.5 cm³/mol. The van der Waals surface area contributed by atoms with Crippen LogP contribution in [0.4, 0.5) is 5.95 Å². The Hall–Kier alpha value is -1.36. The lowest BCUT2D eigenvalue weighted by atomic mass is 9.95. The Morgan fingerprint density at radius 2 is 2.21 bits per heavy atom. The fraction of sp³-hybridized carbons (Fsp3) is 0.571. The number of nitrogens with zero attached hydrogens (tertiary/aromatic N) is 3. The van der Waals surface area contributed by atoms with E-state index in [9.17, 15) is 0 Å². The third-order valence-electron chi connectivity index (χ3n) is 3.73. The third-order valence-corrected chi connectivity index (χ3v) is 4.55. The molecule has 1 N–H and O–H groups in total. The third kappa shape index (κ3) is 2.97. The monoisotopic (exact) mass is 276 g/mol. The van der Waals surface area contributed by atoms with E-state index in [1.165, 1.54) is 32.1 Å². The topological polar surface area (TPSA) is 42.7 Å². The summed E-state index contributed by atoms with van der Waals surface area (Å²) in [6.07, 6.45) is 10.6. The van der Waals surface area contributed by atoms with Gasteiger partial charge in [-0.1, -0.05) is 19.3 Å². The van der Waals surface area contributed by atoms with Crippen molar-refractivity contribution in [1.29, 1.82) is 0 Å². The van der Waals surface area contributed by atoms with Gasteiger partial charge in [0.1, 0.15) is 0 Å². The van der Waals surface area contributed by atoms with Crippen LogP contribution < -0.4 is 5.32 Å². The highest BCUT2D eigenvalue weighted by Gasteiger charge is 2.17. The predicted octanol–water partition coefficient (Wildman–Crippen LogP) is 3.77. The lowest BCUT2D eigenvalue weighted by Crippen LogP contribution is -2.15. The van der Waals surface area contributed by atoms with E-state index in [-0.39, 0.29) is 0 Å². The second-order valence-electron chi connectivity index (χ2n) is 5.16. The Bertz CT molecular complexity index is 525. The summed E-state index contributed by atoms with van der Waals surface area (Å²) in [4.78, 5) is 8.91. The minimum Gasteiger partial charge on any atom is -0.350 e. The van der Waals surface area contributed by atoms with Crippen LogP contribution in [0.2, 0.25) is 0 Å². The molecule has 2 heterocycles. The highest BCUT2D eigenvalue weighted by atomic mass is 32.1. The Labute approximate surface area is 117 Å². The first-order chi connectivity index (χ1) is 9.33. The number of thiazole rings is 1. The van der Waals surface area contributed by atoms with Crippen molar-refractivity contribution >= 4 is 17.3 Å². The summed E-state index contributed by atoms with van der Waals surface area (Å²) in [5.41, 5.74) is 1.10. The summed E-state index contributed by atoms with van der Waals surface area (Å²) in [6.45, 7) is 2.80. The van der Waals surface area contributed by atoms with Gasteiger partial charge >= 0.3 is 0 Å². The molecule has 0 spiro atoms. The number of anilines is 1. The first-order valence-corrected chi connectivity index (χ1v) is 7.88. The molecule has 0 saturated heterocycles. The molecule has 0 amide bonds. The van der Waals surface area contributed by atoms with Gasteiger partial charge in [-0.25, -0.2) is 9.97 Å². The fourth-order valence-electron chi connectivity index (χ4n) is 2.76. The van der Waals surface area contributed by atoms with Gasteiger partial charge < -0.3 is 9.88 Å². The van der Waals surface area contributed by atoms with E-state index in [4.69, 9.17) is 0 Å². The van der Waals surface area contributed by atoms with Crippen LogP contribution in [0, 0.1) is 6.92 Å². The summed E-state index contributed by atoms with van der Waals surface area (Å²) in [5.74, 6) is 0.984. The Morgan fingerprint density at radius 1 is 1.37 bits per heavy atom. The van der Waals surface area contributed by atoms with Crippen LogP contribution in [-0.4, -0.2) is 14.5 Å². The molecule has 0 radical (unpaired) electrons. The van der Waals surface area contributed by atoms with E-state index >= 15 is 0 Å². The van der Waals surface area contributed by atoms with Crippen LogP contribution in [0.3, 0.4) is 0 Å². The van der Waals surface area contributed by atoms with Gasteiger partial charge in [0.15, 0.2) is 0 Å². The number of imidazole rings is 1. The minimum absolute atomic E-state index is 0.621. The zero-order valence-corrected chi connectivity index (χ0v) is 12.1. The van der Waals surface area contributed by atoms with E-state index in [0.717, 1.165) is 23.2 Å². The van der Waals surface area contributed by atoms with Crippen molar-refractivity contribution in [1.82, 2.24) is 14.5 Å². The number of rotatable bonds is 4. The average molecular weight is 276 g/mol. The maximum absolute atomic E-state index is 4.47. The number of nitrogens with one attached hydrogen (secondary N) is 1. The summed E-state index contributed by atoms with van der Waals surface area (Å²) >= 11 is 1.70. The van der Waals surface area contributed by atoms with Gasteiger partial charge in [-0.15, -0.1) is 11.3 Å².